The summed E-state index contributed by atoms with van der Waals surface area (Å²) in [5.41, 5.74) is 1.28. The second-order valence-electron chi connectivity index (χ2n) is 5.89. The number of hydrogen-bond donors (Lipinski definition) is 2. The van der Waals surface area contributed by atoms with Gasteiger partial charge in [-0.25, -0.2) is 0 Å². The third-order valence-corrected chi connectivity index (χ3v) is 4.58. The molecule has 7 heteroatoms. The summed E-state index contributed by atoms with van der Waals surface area (Å²) in [6.07, 6.45) is 0. The van der Waals surface area contributed by atoms with Crippen LogP contribution in [0.25, 0.3) is 0 Å². The first-order valence-electron chi connectivity index (χ1n) is 7.91. The van der Waals surface area contributed by atoms with Crippen molar-refractivity contribution in [2.75, 3.05) is 5.32 Å². The van der Waals surface area contributed by atoms with Crippen molar-refractivity contribution in [3.8, 4) is 5.75 Å². The van der Waals surface area contributed by atoms with Crippen LogP contribution in [-0.4, -0.2) is 20.4 Å². The number of anilines is 1. The molecule has 2 aromatic rings. The van der Waals surface area contributed by atoms with Gasteiger partial charge in [-0.3, -0.25) is 4.79 Å². The van der Waals surface area contributed by atoms with E-state index in [-0.39, 0.29) is 16.8 Å². The molecule has 0 heterocycles. The number of para-hydroxylation sites is 1. The normalized spacial score (nSPS) is 11.4. The molecule has 0 saturated heterocycles. The number of benzene rings is 2. The zero-order valence-corrected chi connectivity index (χ0v) is 15.3. The predicted molar refractivity (Wildman–Crippen MR) is 97.0 cm³/mol. The van der Waals surface area contributed by atoms with Crippen LogP contribution in [0.4, 0.5) is 5.69 Å². The van der Waals surface area contributed by atoms with Crippen LogP contribution in [0.2, 0.25) is 0 Å². The zero-order chi connectivity index (χ0) is 18.4. The molecule has 0 saturated carbocycles. The fraction of sp³-hybridized carbons (Fsp3) is 0.278. The number of amides is 1. The van der Waals surface area contributed by atoms with Crippen molar-refractivity contribution in [2.24, 2.45) is 0 Å². The number of carbonyl (C=O) groups excluding carboxylic acids is 1. The standard InChI is InChI=1S/C18H22N2O4S/c1-13(2)19-12-15-6-4-5-7-18(15)24-25(22,23)17-10-8-16(9-11-17)20-14(3)21/h4-11,13,19H,12H2,1-3H3,(H,20,21). The van der Waals surface area contributed by atoms with E-state index in [1.807, 2.05) is 26.0 Å². The second-order valence-corrected chi connectivity index (χ2v) is 7.43. The maximum absolute atomic E-state index is 12.5. The molecule has 25 heavy (non-hydrogen) atoms. The average Bonchev–Trinajstić information content (AvgIpc) is 2.53. The van der Waals surface area contributed by atoms with Crippen molar-refractivity contribution in [1.29, 1.82) is 0 Å². The highest BCUT2D eigenvalue weighted by Gasteiger charge is 2.18. The SMILES string of the molecule is CC(=O)Nc1ccc(S(=O)(=O)Oc2ccccc2CNC(C)C)cc1. The molecular weight excluding hydrogens is 340 g/mol. The molecule has 134 valence electrons. The monoisotopic (exact) mass is 362 g/mol. The first-order valence-corrected chi connectivity index (χ1v) is 9.32. The minimum absolute atomic E-state index is 0.0215. The Morgan fingerprint density at radius 2 is 1.72 bits per heavy atom. The van der Waals surface area contributed by atoms with Gasteiger partial charge in [-0.2, -0.15) is 8.42 Å². The van der Waals surface area contributed by atoms with Crippen molar-refractivity contribution in [2.45, 2.75) is 38.3 Å². The molecule has 0 aromatic heterocycles. The molecule has 0 spiro atoms. The molecule has 0 atom stereocenters. The molecule has 1 amide bonds. The number of nitrogens with one attached hydrogen (secondary N) is 2. The van der Waals surface area contributed by atoms with E-state index < -0.39 is 10.1 Å². The molecule has 0 unspecified atom stereocenters. The van der Waals surface area contributed by atoms with Crippen molar-refractivity contribution in [3.05, 3.63) is 54.1 Å². The van der Waals surface area contributed by atoms with Crippen molar-refractivity contribution < 1.29 is 17.4 Å². The number of hydrogen-bond acceptors (Lipinski definition) is 5. The molecule has 0 bridgehead atoms. The Kier molecular flexibility index (Phi) is 6.17. The molecule has 0 aliphatic heterocycles. The number of carbonyl (C=O) groups is 1. The van der Waals surface area contributed by atoms with E-state index in [9.17, 15) is 13.2 Å². The van der Waals surface area contributed by atoms with Gasteiger partial charge in [0.1, 0.15) is 10.6 Å². The van der Waals surface area contributed by atoms with Gasteiger partial charge in [0, 0.05) is 30.8 Å². The van der Waals surface area contributed by atoms with Crippen molar-refractivity contribution in [3.63, 3.8) is 0 Å². The first-order chi connectivity index (χ1) is 11.8. The Morgan fingerprint density at radius 1 is 1.08 bits per heavy atom. The lowest BCUT2D eigenvalue weighted by atomic mass is 10.2. The van der Waals surface area contributed by atoms with E-state index in [4.69, 9.17) is 4.18 Å². The highest BCUT2D eigenvalue weighted by molar-refractivity contribution is 7.87. The zero-order valence-electron chi connectivity index (χ0n) is 14.4. The molecule has 6 nitrogen and oxygen atoms in total. The van der Waals surface area contributed by atoms with Gasteiger partial charge < -0.3 is 14.8 Å². The maximum atomic E-state index is 12.5. The Hall–Kier alpha value is -2.38. The summed E-state index contributed by atoms with van der Waals surface area (Å²) in [7, 11) is -3.96. The lowest BCUT2D eigenvalue weighted by Crippen LogP contribution is -2.22. The van der Waals surface area contributed by atoms with Crippen LogP contribution in [0.15, 0.2) is 53.4 Å². The van der Waals surface area contributed by atoms with Gasteiger partial charge in [-0.05, 0) is 30.3 Å². The molecule has 2 N–H and O–H groups in total. The van der Waals surface area contributed by atoms with E-state index in [2.05, 4.69) is 10.6 Å². The lowest BCUT2D eigenvalue weighted by molar-refractivity contribution is -0.114. The highest BCUT2D eigenvalue weighted by Crippen LogP contribution is 2.24. The molecule has 0 fully saturated rings. The molecule has 0 radical (unpaired) electrons. The van der Waals surface area contributed by atoms with Gasteiger partial charge in [0.2, 0.25) is 5.91 Å². The second kappa shape index (κ2) is 8.13. The van der Waals surface area contributed by atoms with Crippen LogP contribution in [0, 0.1) is 0 Å². The van der Waals surface area contributed by atoms with E-state index in [1.165, 1.54) is 31.2 Å². The largest absolute Gasteiger partial charge is 0.379 e. The van der Waals surface area contributed by atoms with E-state index >= 15 is 0 Å². The fourth-order valence-electron chi connectivity index (χ4n) is 2.12. The van der Waals surface area contributed by atoms with Gasteiger partial charge in [-0.1, -0.05) is 32.0 Å². The van der Waals surface area contributed by atoms with E-state index in [0.717, 1.165) is 5.56 Å². The number of rotatable bonds is 7. The summed E-state index contributed by atoms with van der Waals surface area (Å²) in [5, 5.41) is 5.83. The van der Waals surface area contributed by atoms with Gasteiger partial charge in [-0.15, -0.1) is 0 Å². The highest BCUT2D eigenvalue weighted by atomic mass is 32.2. The maximum Gasteiger partial charge on any atom is 0.339 e. The summed E-state index contributed by atoms with van der Waals surface area (Å²) in [4.78, 5) is 11.0. The third kappa shape index (κ3) is 5.58. The Balaban J connectivity index is 2.20. The van der Waals surface area contributed by atoms with Crippen LogP contribution in [0.5, 0.6) is 5.75 Å². The minimum Gasteiger partial charge on any atom is -0.379 e. The minimum atomic E-state index is -3.96. The summed E-state index contributed by atoms with van der Waals surface area (Å²) < 4.78 is 30.3. The predicted octanol–water partition coefficient (Wildman–Crippen LogP) is 2.91. The lowest BCUT2D eigenvalue weighted by Gasteiger charge is -2.13. The summed E-state index contributed by atoms with van der Waals surface area (Å²) >= 11 is 0. The topological polar surface area (TPSA) is 84.5 Å². The summed E-state index contributed by atoms with van der Waals surface area (Å²) in [5.74, 6) is 0.0695. The first kappa shape index (κ1) is 19.0. The quantitative estimate of drug-likeness (QED) is 0.740. The van der Waals surface area contributed by atoms with Crippen LogP contribution >= 0.6 is 0 Å². The fourth-order valence-corrected chi connectivity index (χ4v) is 3.08. The van der Waals surface area contributed by atoms with Gasteiger partial charge in [0.15, 0.2) is 0 Å². The summed E-state index contributed by atoms with van der Waals surface area (Å²) in [6, 6.07) is 13.1. The molecule has 0 aliphatic carbocycles. The van der Waals surface area contributed by atoms with Gasteiger partial charge in [0.05, 0.1) is 0 Å². The molecule has 0 aliphatic rings. The third-order valence-electron chi connectivity index (χ3n) is 3.34. The van der Waals surface area contributed by atoms with E-state index in [0.29, 0.717) is 18.0 Å². The van der Waals surface area contributed by atoms with Crippen LogP contribution in [-0.2, 0) is 21.5 Å². The van der Waals surface area contributed by atoms with Crippen molar-refractivity contribution >= 4 is 21.7 Å². The van der Waals surface area contributed by atoms with Crippen LogP contribution in [0.1, 0.15) is 26.3 Å². The molecular formula is C18H22N2O4S. The smallest absolute Gasteiger partial charge is 0.339 e. The summed E-state index contributed by atoms with van der Waals surface area (Å²) in [6.45, 7) is 5.91. The molecule has 2 aromatic carbocycles. The van der Waals surface area contributed by atoms with Crippen LogP contribution < -0.4 is 14.8 Å². The molecule has 2 rings (SSSR count). The van der Waals surface area contributed by atoms with E-state index in [1.54, 1.807) is 12.1 Å². The Morgan fingerprint density at radius 3 is 2.32 bits per heavy atom. The Bertz CT molecular complexity index is 830. The average molecular weight is 362 g/mol. The van der Waals surface area contributed by atoms with Crippen LogP contribution in [0.3, 0.4) is 0 Å². The van der Waals surface area contributed by atoms with Gasteiger partial charge >= 0.3 is 10.1 Å². The van der Waals surface area contributed by atoms with Gasteiger partial charge in [0.25, 0.3) is 0 Å². The Labute approximate surface area is 148 Å². The van der Waals surface area contributed by atoms with Crippen molar-refractivity contribution in [1.82, 2.24) is 5.32 Å².